The van der Waals surface area contributed by atoms with Gasteiger partial charge in [0.2, 0.25) is 0 Å². The summed E-state index contributed by atoms with van der Waals surface area (Å²) < 4.78 is 11.8. The average Bonchev–Trinajstić information content (AvgIpc) is 3.42. The Kier molecular flexibility index (Phi) is 7.92. The van der Waals surface area contributed by atoms with Crippen LogP contribution in [0.4, 0.5) is 0 Å². The predicted octanol–water partition coefficient (Wildman–Crippen LogP) is 5.77. The minimum absolute atomic E-state index is 0.404. The second-order valence-electron chi connectivity index (χ2n) is 10.2. The molecule has 30 heavy (non-hydrogen) atoms. The number of unbranched alkanes of at least 4 members (excludes halogenated alkanes) is 1. The maximum absolute atomic E-state index is 6.07. The van der Waals surface area contributed by atoms with Crippen LogP contribution in [0.25, 0.3) is 0 Å². The number of hydrogen-bond donors (Lipinski definition) is 0. The van der Waals surface area contributed by atoms with E-state index in [0.29, 0.717) is 16.1 Å². The summed E-state index contributed by atoms with van der Waals surface area (Å²) in [4.78, 5) is 8.00. The molecule has 4 heteroatoms. The van der Waals surface area contributed by atoms with Gasteiger partial charge < -0.3 is 0 Å². The van der Waals surface area contributed by atoms with Gasteiger partial charge in [0.15, 0.2) is 0 Å². The fourth-order valence-electron chi connectivity index (χ4n) is 6.24. The molecule has 0 aliphatic heterocycles. The molecule has 0 radical (unpaired) electrons. The van der Waals surface area contributed by atoms with E-state index in [-0.39, 0.29) is 0 Å². The first-order valence-corrected chi connectivity index (χ1v) is 24.1. The Morgan fingerprint density at radius 2 is 1.47 bits per heavy atom. The molecule has 0 amide bonds. The summed E-state index contributed by atoms with van der Waals surface area (Å²) in [5.41, 5.74) is 0.744. The van der Waals surface area contributed by atoms with Crippen LogP contribution in [0.3, 0.4) is 0 Å². The maximum atomic E-state index is 6.07. The SMILES string of the molecule is CCCC[C@@]1([Sn]([CH3])([CH3])[CH3])[C@@H](COCOC)[C@@H]1[Si](C)(c1ccccc1)c1ccccc1. The first-order chi connectivity index (χ1) is 14.3. The van der Waals surface area contributed by atoms with Gasteiger partial charge in [0.25, 0.3) is 0 Å². The van der Waals surface area contributed by atoms with Crippen LogP contribution < -0.4 is 10.4 Å². The normalized spacial score (nSPS) is 24.1. The third kappa shape index (κ3) is 4.32. The molecule has 1 aliphatic carbocycles. The van der Waals surface area contributed by atoms with Gasteiger partial charge in [0, 0.05) is 0 Å². The van der Waals surface area contributed by atoms with Crippen molar-refractivity contribution in [3.05, 3.63) is 60.7 Å². The van der Waals surface area contributed by atoms with Crippen molar-refractivity contribution in [3.63, 3.8) is 0 Å². The van der Waals surface area contributed by atoms with Gasteiger partial charge in [-0.15, -0.1) is 0 Å². The van der Waals surface area contributed by atoms with Crippen LogP contribution in [-0.4, -0.2) is 47.0 Å². The molecule has 1 aliphatic rings. The van der Waals surface area contributed by atoms with Crippen molar-refractivity contribution in [2.24, 2.45) is 5.92 Å². The van der Waals surface area contributed by atoms with Crippen molar-refractivity contribution in [3.8, 4) is 0 Å². The molecule has 0 N–H and O–H groups in total. The van der Waals surface area contributed by atoms with Crippen molar-refractivity contribution < 1.29 is 9.47 Å². The molecule has 2 aromatic carbocycles. The monoisotopic (exact) mass is 532 g/mol. The Balaban J connectivity index is 2.14. The summed E-state index contributed by atoms with van der Waals surface area (Å²) >= 11 is -2.32. The summed E-state index contributed by atoms with van der Waals surface area (Å²) in [5.74, 6) is 0.659. The van der Waals surface area contributed by atoms with Crippen LogP contribution in [-0.2, 0) is 9.47 Å². The first-order valence-electron chi connectivity index (χ1n) is 11.5. The van der Waals surface area contributed by atoms with Crippen LogP contribution >= 0.6 is 0 Å². The Morgan fingerprint density at radius 3 is 1.90 bits per heavy atom. The molecule has 3 rings (SSSR count). The molecular formula is C26H40O2SiSn. The third-order valence-corrected chi connectivity index (χ3v) is 24.4. The molecular weight excluding hydrogens is 491 g/mol. The van der Waals surface area contributed by atoms with Crippen LogP contribution in [0.2, 0.25) is 30.3 Å². The molecule has 1 fully saturated rings. The van der Waals surface area contributed by atoms with Gasteiger partial charge >= 0.3 is 190 Å². The van der Waals surface area contributed by atoms with Gasteiger partial charge in [0.05, 0.1) is 0 Å². The zero-order valence-corrected chi connectivity index (χ0v) is 23.6. The fourth-order valence-corrected chi connectivity index (χ4v) is 26.9. The molecule has 0 saturated heterocycles. The second kappa shape index (κ2) is 9.89. The molecule has 0 spiro atoms. The van der Waals surface area contributed by atoms with E-state index in [0.717, 1.165) is 12.1 Å². The molecule has 1 saturated carbocycles. The Bertz CT molecular complexity index is 750. The summed E-state index contributed by atoms with van der Waals surface area (Å²) in [5, 5.41) is 3.15. The number of benzene rings is 2. The predicted molar refractivity (Wildman–Crippen MR) is 134 cm³/mol. The number of ether oxygens (including phenoxy) is 2. The van der Waals surface area contributed by atoms with Gasteiger partial charge in [-0.2, -0.15) is 0 Å². The van der Waals surface area contributed by atoms with Crippen molar-refractivity contribution in [2.75, 3.05) is 20.5 Å². The number of hydrogen-bond acceptors (Lipinski definition) is 2. The van der Waals surface area contributed by atoms with Gasteiger partial charge in [0.1, 0.15) is 0 Å². The number of methoxy groups -OCH3 is 1. The zero-order valence-electron chi connectivity index (χ0n) is 19.8. The standard InChI is InChI=1S/C23H31O2Si.3CH3.Sn/c1-4-5-16-21-22(17-25-18-24-2)23(21)26(3,19-12-8-6-9-13-19)20-14-10-7-11-15-20;;;;/h6-15,22-23H,4-5,16-18H2,1-3H3;3*1H3;/t22-,23-;;;;/m1..../s1. The van der Waals surface area contributed by atoms with Gasteiger partial charge in [-0.05, 0) is 0 Å². The molecule has 0 unspecified atom stereocenters. The summed E-state index contributed by atoms with van der Waals surface area (Å²) in [6.07, 6.45) is 3.98. The molecule has 0 aromatic heterocycles. The molecule has 3 atom stereocenters. The van der Waals surface area contributed by atoms with Crippen molar-refractivity contribution in [1.29, 1.82) is 0 Å². The third-order valence-electron chi connectivity index (χ3n) is 7.72. The van der Waals surface area contributed by atoms with Crippen LogP contribution in [0.5, 0.6) is 0 Å². The van der Waals surface area contributed by atoms with E-state index in [9.17, 15) is 0 Å². The van der Waals surface area contributed by atoms with Crippen molar-refractivity contribution in [1.82, 2.24) is 0 Å². The molecule has 2 nitrogen and oxygen atoms in total. The van der Waals surface area contributed by atoms with Crippen molar-refractivity contribution >= 4 is 36.8 Å². The first kappa shape index (κ1) is 24.0. The topological polar surface area (TPSA) is 18.5 Å². The van der Waals surface area contributed by atoms with Crippen LogP contribution in [0.1, 0.15) is 26.2 Å². The zero-order chi connectivity index (χ0) is 21.8. The summed E-state index contributed by atoms with van der Waals surface area (Å²) in [6, 6.07) is 22.8. The Morgan fingerprint density at radius 1 is 0.933 bits per heavy atom. The van der Waals surface area contributed by atoms with Crippen LogP contribution in [0, 0.1) is 5.92 Å². The van der Waals surface area contributed by atoms with E-state index in [1.165, 1.54) is 19.3 Å². The molecule has 164 valence electrons. The van der Waals surface area contributed by atoms with E-state index >= 15 is 0 Å². The van der Waals surface area contributed by atoms with Crippen molar-refractivity contribution in [2.45, 2.75) is 56.5 Å². The van der Waals surface area contributed by atoms with E-state index in [2.05, 4.69) is 89.0 Å². The molecule has 0 bridgehead atoms. The summed E-state index contributed by atoms with van der Waals surface area (Å²) in [7, 11) is -0.228. The van der Waals surface area contributed by atoms with Gasteiger partial charge in [-0.3, -0.25) is 0 Å². The average molecular weight is 531 g/mol. The van der Waals surface area contributed by atoms with E-state index in [4.69, 9.17) is 9.47 Å². The van der Waals surface area contributed by atoms with E-state index in [1.54, 1.807) is 17.5 Å². The summed E-state index contributed by atoms with van der Waals surface area (Å²) in [6.45, 7) is 6.22. The van der Waals surface area contributed by atoms with Gasteiger partial charge in [-0.1, -0.05) is 0 Å². The van der Waals surface area contributed by atoms with Gasteiger partial charge in [-0.25, -0.2) is 0 Å². The fraction of sp³-hybridized carbons (Fsp3) is 0.538. The van der Waals surface area contributed by atoms with Crippen LogP contribution in [0.15, 0.2) is 60.7 Å². The molecule has 0 heterocycles. The quantitative estimate of drug-likeness (QED) is 0.208. The second-order valence-corrected chi connectivity index (χ2v) is 29.9. The molecule has 2 aromatic rings. The Hall–Kier alpha value is -0.624. The number of rotatable bonds is 11. The minimum atomic E-state index is -2.32. The Labute approximate surface area is 189 Å². The van der Waals surface area contributed by atoms with E-state index in [1.807, 2.05) is 0 Å². The van der Waals surface area contributed by atoms with E-state index < -0.39 is 26.5 Å².